The molecule has 7 heteroatoms. The molecule has 0 saturated heterocycles. The Morgan fingerprint density at radius 1 is 1.30 bits per heavy atom. The minimum atomic E-state index is -0.614. The zero-order valence-corrected chi connectivity index (χ0v) is 11.8. The van der Waals surface area contributed by atoms with Gasteiger partial charge >= 0.3 is 5.97 Å². The average Bonchev–Trinajstić information content (AvgIpc) is 2.85. The van der Waals surface area contributed by atoms with Crippen LogP contribution >= 0.6 is 15.9 Å². The number of H-pyrrole nitrogens is 1. The maximum absolute atomic E-state index is 11.6. The molecule has 20 heavy (non-hydrogen) atoms. The van der Waals surface area contributed by atoms with Crippen molar-refractivity contribution in [1.29, 1.82) is 0 Å². The number of amides is 1. The van der Waals surface area contributed by atoms with Crippen LogP contribution in [0.4, 0.5) is 5.69 Å². The van der Waals surface area contributed by atoms with E-state index >= 15 is 0 Å². The summed E-state index contributed by atoms with van der Waals surface area (Å²) in [5, 5.41) is 11.6. The number of esters is 1. The van der Waals surface area contributed by atoms with Crippen molar-refractivity contribution < 1.29 is 19.4 Å². The highest BCUT2D eigenvalue weighted by Gasteiger charge is 2.12. The second-order valence-electron chi connectivity index (χ2n) is 3.90. The van der Waals surface area contributed by atoms with Crippen molar-refractivity contribution in [1.82, 2.24) is 4.98 Å². The predicted octanol–water partition coefficient (Wildman–Crippen LogP) is 2.28. The first-order valence-corrected chi connectivity index (χ1v) is 6.44. The number of nitrogens with one attached hydrogen (secondary N) is 2. The normalized spacial score (nSPS) is 10.1. The molecule has 1 aromatic heterocycles. The molecule has 104 valence electrons. The summed E-state index contributed by atoms with van der Waals surface area (Å²) in [4.78, 5) is 25.8. The summed E-state index contributed by atoms with van der Waals surface area (Å²) in [7, 11) is 0. The minimum absolute atomic E-state index is 0.103. The number of hydrogen-bond donors (Lipinski definition) is 3. The van der Waals surface area contributed by atoms with E-state index in [0.717, 1.165) is 4.47 Å². The molecule has 0 atom stereocenters. The number of aromatic amines is 1. The van der Waals surface area contributed by atoms with Crippen molar-refractivity contribution in [2.75, 3.05) is 11.9 Å². The van der Waals surface area contributed by atoms with Crippen molar-refractivity contribution in [3.05, 3.63) is 46.7 Å². The molecular weight excluding hydrogens is 328 g/mol. The quantitative estimate of drug-likeness (QED) is 0.589. The lowest BCUT2D eigenvalue weighted by Crippen LogP contribution is -2.21. The molecule has 1 amide bonds. The maximum atomic E-state index is 11.6. The van der Waals surface area contributed by atoms with Crippen LogP contribution in [0.1, 0.15) is 10.5 Å². The molecule has 0 spiro atoms. The molecule has 1 aromatic carbocycles. The smallest absolute Gasteiger partial charge is 0.355 e. The van der Waals surface area contributed by atoms with Gasteiger partial charge in [0.25, 0.3) is 5.91 Å². The molecule has 0 saturated carbocycles. The lowest BCUT2D eigenvalue weighted by Gasteiger charge is -2.06. The van der Waals surface area contributed by atoms with E-state index in [-0.39, 0.29) is 11.4 Å². The molecule has 1 heterocycles. The molecule has 0 aliphatic carbocycles. The SMILES string of the molecule is O=C(COC(=O)c1cc(Br)c[nH]1)Nc1ccc(O)cc1. The zero-order valence-electron chi connectivity index (χ0n) is 10.2. The predicted molar refractivity (Wildman–Crippen MR) is 75.5 cm³/mol. The van der Waals surface area contributed by atoms with Crippen LogP contribution in [0.25, 0.3) is 0 Å². The standard InChI is InChI=1S/C13H11BrN2O4/c14-8-5-11(15-6-8)13(19)20-7-12(18)16-9-1-3-10(17)4-2-9/h1-6,15,17H,7H2,(H,16,18). The van der Waals surface area contributed by atoms with Crippen LogP contribution in [0, 0.1) is 0 Å². The van der Waals surface area contributed by atoms with Gasteiger partial charge in [0.1, 0.15) is 11.4 Å². The van der Waals surface area contributed by atoms with Crippen LogP contribution in [0.2, 0.25) is 0 Å². The Kier molecular flexibility index (Phi) is 4.41. The summed E-state index contributed by atoms with van der Waals surface area (Å²) in [5.41, 5.74) is 0.765. The highest BCUT2D eigenvalue weighted by Crippen LogP contribution is 2.14. The lowest BCUT2D eigenvalue weighted by atomic mass is 10.3. The van der Waals surface area contributed by atoms with Crippen molar-refractivity contribution in [3.63, 3.8) is 0 Å². The molecule has 2 rings (SSSR count). The van der Waals surface area contributed by atoms with E-state index < -0.39 is 18.5 Å². The van der Waals surface area contributed by atoms with Gasteiger partial charge in [0, 0.05) is 16.4 Å². The Hall–Kier alpha value is -2.28. The summed E-state index contributed by atoms with van der Waals surface area (Å²) in [5.74, 6) is -0.974. The van der Waals surface area contributed by atoms with E-state index in [1.165, 1.54) is 24.3 Å². The van der Waals surface area contributed by atoms with Crippen molar-refractivity contribution in [3.8, 4) is 5.75 Å². The third kappa shape index (κ3) is 3.86. The van der Waals surface area contributed by atoms with Crippen LogP contribution < -0.4 is 5.32 Å². The number of carbonyl (C=O) groups is 2. The Morgan fingerprint density at radius 3 is 2.60 bits per heavy atom. The largest absolute Gasteiger partial charge is 0.508 e. The molecule has 2 aromatic rings. The Bertz CT molecular complexity index is 622. The third-order valence-electron chi connectivity index (χ3n) is 2.35. The first kappa shape index (κ1) is 14.1. The summed E-state index contributed by atoms with van der Waals surface area (Å²) < 4.78 is 5.57. The van der Waals surface area contributed by atoms with Gasteiger partial charge in [0.2, 0.25) is 0 Å². The van der Waals surface area contributed by atoms with Crippen molar-refractivity contribution >= 4 is 33.5 Å². The van der Waals surface area contributed by atoms with E-state index in [1.54, 1.807) is 12.3 Å². The number of halogens is 1. The molecule has 3 N–H and O–H groups in total. The maximum Gasteiger partial charge on any atom is 0.355 e. The fourth-order valence-electron chi connectivity index (χ4n) is 1.44. The average molecular weight is 339 g/mol. The van der Waals surface area contributed by atoms with Crippen LogP contribution in [0.15, 0.2) is 41.0 Å². The first-order valence-electron chi connectivity index (χ1n) is 5.64. The third-order valence-corrected chi connectivity index (χ3v) is 2.81. The molecule has 0 bridgehead atoms. The number of phenolic OH excluding ortho intramolecular Hbond substituents is 1. The first-order chi connectivity index (χ1) is 9.54. The van der Waals surface area contributed by atoms with Gasteiger partial charge < -0.3 is 20.1 Å². The second kappa shape index (κ2) is 6.25. The molecule has 0 fully saturated rings. The molecule has 0 unspecified atom stereocenters. The van der Waals surface area contributed by atoms with Gasteiger partial charge in [0.05, 0.1) is 0 Å². The fraction of sp³-hybridized carbons (Fsp3) is 0.0769. The Labute approximate surface area is 122 Å². The molecule has 0 aliphatic rings. The summed E-state index contributed by atoms with van der Waals surface area (Å²) >= 11 is 3.19. The highest BCUT2D eigenvalue weighted by molar-refractivity contribution is 9.10. The van der Waals surface area contributed by atoms with E-state index in [9.17, 15) is 9.59 Å². The number of aromatic hydroxyl groups is 1. The summed E-state index contributed by atoms with van der Waals surface area (Å²) in [6.07, 6.45) is 1.59. The number of aromatic nitrogens is 1. The number of phenols is 1. The number of anilines is 1. The van der Waals surface area contributed by atoms with Gasteiger partial charge in [-0.05, 0) is 46.3 Å². The van der Waals surface area contributed by atoms with E-state index in [2.05, 4.69) is 26.2 Å². The number of carbonyl (C=O) groups excluding carboxylic acids is 2. The number of rotatable bonds is 4. The van der Waals surface area contributed by atoms with Crippen molar-refractivity contribution in [2.24, 2.45) is 0 Å². The second-order valence-corrected chi connectivity index (χ2v) is 4.82. The summed E-state index contributed by atoms with van der Waals surface area (Å²) in [6, 6.07) is 7.52. The van der Waals surface area contributed by atoms with Gasteiger partial charge in [-0.3, -0.25) is 4.79 Å². The molecule has 0 aliphatic heterocycles. The molecule has 6 nitrogen and oxygen atoms in total. The van der Waals surface area contributed by atoms with Crippen molar-refractivity contribution in [2.45, 2.75) is 0 Å². The number of benzene rings is 1. The summed E-state index contributed by atoms with van der Waals surface area (Å²) in [6.45, 7) is -0.393. The Morgan fingerprint density at radius 2 is 2.00 bits per heavy atom. The Balaban J connectivity index is 1.83. The lowest BCUT2D eigenvalue weighted by molar-refractivity contribution is -0.119. The van der Waals surface area contributed by atoms with Gasteiger partial charge in [0.15, 0.2) is 6.61 Å². The van der Waals surface area contributed by atoms with E-state index in [4.69, 9.17) is 9.84 Å². The van der Waals surface area contributed by atoms with Gasteiger partial charge in [-0.25, -0.2) is 4.79 Å². The fourth-order valence-corrected chi connectivity index (χ4v) is 1.78. The zero-order chi connectivity index (χ0) is 14.5. The van der Waals surface area contributed by atoms with Crippen LogP contribution in [0.3, 0.4) is 0 Å². The minimum Gasteiger partial charge on any atom is -0.508 e. The van der Waals surface area contributed by atoms with Crippen LogP contribution in [0.5, 0.6) is 5.75 Å². The van der Waals surface area contributed by atoms with Gasteiger partial charge in [-0.15, -0.1) is 0 Å². The van der Waals surface area contributed by atoms with E-state index in [0.29, 0.717) is 5.69 Å². The van der Waals surface area contributed by atoms with Crippen LogP contribution in [-0.4, -0.2) is 28.6 Å². The molecule has 0 radical (unpaired) electrons. The van der Waals surface area contributed by atoms with Gasteiger partial charge in [-0.1, -0.05) is 0 Å². The topological polar surface area (TPSA) is 91.4 Å². The number of hydrogen-bond acceptors (Lipinski definition) is 4. The highest BCUT2D eigenvalue weighted by atomic mass is 79.9. The monoisotopic (exact) mass is 338 g/mol. The molecular formula is C13H11BrN2O4. The number of ether oxygens (including phenoxy) is 1. The van der Waals surface area contributed by atoms with Crippen LogP contribution in [-0.2, 0) is 9.53 Å². The van der Waals surface area contributed by atoms with E-state index in [1.807, 2.05) is 0 Å². The van der Waals surface area contributed by atoms with Gasteiger partial charge in [-0.2, -0.15) is 0 Å².